The molecule has 1 aliphatic rings. The lowest BCUT2D eigenvalue weighted by Gasteiger charge is -2.24. The van der Waals surface area contributed by atoms with Gasteiger partial charge in [-0.1, -0.05) is 32.9 Å². The molecule has 1 aliphatic heterocycles. The third-order valence-corrected chi connectivity index (χ3v) is 6.05. The van der Waals surface area contributed by atoms with Crippen molar-refractivity contribution in [3.63, 3.8) is 0 Å². The largest absolute Gasteiger partial charge is 0.433 e. The first-order valence-corrected chi connectivity index (χ1v) is 10.4. The van der Waals surface area contributed by atoms with Crippen molar-refractivity contribution in [3.05, 3.63) is 64.6 Å². The van der Waals surface area contributed by atoms with Crippen molar-refractivity contribution >= 4 is 10.9 Å². The van der Waals surface area contributed by atoms with Gasteiger partial charge in [0.25, 0.3) is 0 Å². The lowest BCUT2D eigenvalue weighted by molar-refractivity contribution is -0.141. The van der Waals surface area contributed by atoms with Crippen LogP contribution in [-0.4, -0.2) is 28.0 Å². The van der Waals surface area contributed by atoms with Gasteiger partial charge in [0.1, 0.15) is 5.69 Å². The number of benzene rings is 1. The first-order chi connectivity index (χ1) is 14.0. The fourth-order valence-electron chi connectivity index (χ4n) is 4.29. The van der Waals surface area contributed by atoms with Crippen LogP contribution in [0.3, 0.4) is 0 Å². The van der Waals surface area contributed by atoms with Crippen molar-refractivity contribution < 1.29 is 13.2 Å². The molecule has 0 fully saturated rings. The van der Waals surface area contributed by atoms with Crippen LogP contribution in [0.5, 0.6) is 0 Å². The first-order valence-electron chi connectivity index (χ1n) is 10.4. The summed E-state index contributed by atoms with van der Waals surface area (Å²) in [6, 6.07) is 9.35. The Labute approximate surface area is 175 Å². The number of fused-ring (bicyclic) bond motifs is 3. The SMILES string of the molecule is CN1CCc2c(c3cc(C(C)(C)C)ccc3n2CCc2ccc(C(F)(F)F)nc2)C1. The molecule has 3 nitrogen and oxygen atoms in total. The van der Waals surface area contributed by atoms with Crippen LogP contribution in [-0.2, 0) is 37.5 Å². The average Bonchev–Trinajstić information content (AvgIpc) is 2.97. The van der Waals surface area contributed by atoms with E-state index in [1.807, 2.05) is 0 Å². The minimum atomic E-state index is -4.40. The maximum atomic E-state index is 12.8. The molecule has 2 aromatic heterocycles. The zero-order valence-electron chi connectivity index (χ0n) is 18.0. The van der Waals surface area contributed by atoms with E-state index in [2.05, 4.69) is 60.5 Å². The third kappa shape index (κ3) is 3.97. The Morgan fingerprint density at radius 1 is 1.07 bits per heavy atom. The van der Waals surface area contributed by atoms with Crippen molar-refractivity contribution in [1.82, 2.24) is 14.5 Å². The monoisotopic (exact) mass is 415 g/mol. The molecule has 3 heterocycles. The van der Waals surface area contributed by atoms with Crippen molar-refractivity contribution in [2.75, 3.05) is 13.6 Å². The van der Waals surface area contributed by atoms with Gasteiger partial charge >= 0.3 is 6.18 Å². The summed E-state index contributed by atoms with van der Waals surface area (Å²) in [5.41, 5.74) is 5.32. The molecule has 0 atom stereocenters. The van der Waals surface area contributed by atoms with Crippen molar-refractivity contribution in [2.45, 2.75) is 58.3 Å². The molecule has 0 amide bonds. The molecule has 0 bridgehead atoms. The summed E-state index contributed by atoms with van der Waals surface area (Å²) >= 11 is 0. The number of hydrogen-bond donors (Lipinski definition) is 0. The lowest BCUT2D eigenvalue weighted by atomic mass is 9.86. The van der Waals surface area contributed by atoms with Gasteiger partial charge in [-0.2, -0.15) is 13.2 Å². The molecule has 160 valence electrons. The number of rotatable bonds is 3. The second-order valence-electron chi connectivity index (χ2n) is 9.35. The van der Waals surface area contributed by atoms with Crippen molar-refractivity contribution in [2.24, 2.45) is 0 Å². The van der Waals surface area contributed by atoms with Gasteiger partial charge in [0, 0.05) is 48.8 Å². The molecule has 0 N–H and O–H groups in total. The van der Waals surface area contributed by atoms with Crippen LogP contribution in [0.25, 0.3) is 10.9 Å². The minimum absolute atomic E-state index is 0.0790. The van der Waals surface area contributed by atoms with E-state index >= 15 is 0 Å². The molecule has 0 radical (unpaired) electrons. The topological polar surface area (TPSA) is 21.1 Å². The Kier molecular flexibility index (Phi) is 5.17. The molecular weight excluding hydrogens is 387 g/mol. The van der Waals surface area contributed by atoms with E-state index < -0.39 is 11.9 Å². The lowest BCUT2D eigenvalue weighted by Crippen LogP contribution is -2.27. The Hall–Kier alpha value is -2.34. The summed E-state index contributed by atoms with van der Waals surface area (Å²) in [6.45, 7) is 9.34. The highest BCUT2D eigenvalue weighted by molar-refractivity contribution is 5.86. The number of hydrogen-bond acceptors (Lipinski definition) is 2. The van der Waals surface area contributed by atoms with Gasteiger partial charge in [0.2, 0.25) is 0 Å². The number of nitrogens with zero attached hydrogens (tertiary/aromatic N) is 3. The van der Waals surface area contributed by atoms with Crippen LogP contribution in [0, 0.1) is 0 Å². The molecule has 1 aromatic carbocycles. The van der Waals surface area contributed by atoms with Gasteiger partial charge in [0.05, 0.1) is 0 Å². The predicted molar refractivity (Wildman–Crippen MR) is 114 cm³/mol. The van der Waals surface area contributed by atoms with Crippen LogP contribution in [0.4, 0.5) is 13.2 Å². The molecule has 0 aliphatic carbocycles. The summed E-state index contributed by atoms with van der Waals surface area (Å²) in [6.07, 6.45) is -1.41. The molecule has 0 unspecified atom stereocenters. The zero-order chi connectivity index (χ0) is 21.7. The first kappa shape index (κ1) is 20.9. The number of pyridine rings is 1. The van der Waals surface area contributed by atoms with Crippen LogP contribution in [0.1, 0.15) is 48.8 Å². The molecule has 0 spiro atoms. The van der Waals surface area contributed by atoms with Crippen molar-refractivity contribution in [1.29, 1.82) is 0 Å². The van der Waals surface area contributed by atoms with Crippen LogP contribution < -0.4 is 0 Å². The number of aryl methyl sites for hydroxylation is 2. The number of alkyl halides is 3. The summed E-state index contributed by atoms with van der Waals surface area (Å²) < 4.78 is 40.7. The van der Waals surface area contributed by atoms with E-state index in [0.29, 0.717) is 6.42 Å². The predicted octanol–water partition coefficient (Wildman–Crippen LogP) is 5.58. The molecule has 3 aromatic rings. The van der Waals surface area contributed by atoms with Gasteiger partial charge in [0.15, 0.2) is 0 Å². The van der Waals surface area contributed by atoms with Crippen LogP contribution in [0.2, 0.25) is 0 Å². The van der Waals surface area contributed by atoms with Crippen LogP contribution in [0.15, 0.2) is 36.5 Å². The fourth-order valence-corrected chi connectivity index (χ4v) is 4.29. The quantitative estimate of drug-likeness (QED) is 0.557. The second kappa shape index (κ2) is 7.41. The average molecular weight is 416 g/mol. The number of aromatic nitrogens is 2. The molecule has 0 saturated carbocycles. The minimum Gasteiger partial charge on any atom is -0.344 e. The Balaban J connectivity index is 1.68. The van der Waals surface area contributed by atoms with E-state index in [9.17, 15) is 13.2 Å². The van der Waals surface area contributed by atoms with E-state index in [0.717, 1.165) is 37.7 Å². The molecule has 6 heteroatoms. The highest BCUT2D eigenvalue weighted by Gasteiger charge is 2.32. The normalized spacial score (nSPS) is 15.6. The smallest absolute Gasteiger partial charge is 0.344 e. The summed E-state index contributed by atoms with van der Waals surface area (Å²) in [4.78, 5) is 5.95. The Bertz CT molecular complexity index is 1060. The molecule has 0 saturated heterocycles. The van der Waals surface area contributed by atoms with Gasteiger partial charge < -0.3 is 9.47 Å². The summed E-state index contributed by atoms with van der Waals surface area (Å²) in [7, 11) is 2.15. The van der Waals surface area contributed by atoms with Crippen molar-refractivity contribution in [3.8, 4) is 0 Å². The summed E-state index contributed by atoms with van der Waals surface area (Å²) in [5.74, 6) is 0. The molecule has 30 heavy (non-hydrogen) atoms. The maximum absolute atomic E-state index is 12.8. The van der Waals surface area contributed by atoms with Crippen LogP contribution >= 0.6 is 0 Å². The number of halogens is 3. The Morgan fingerprint density at radius 2 is 1.83 bits per heavy atom. The van der Waals surface area contributed by atoms with Gasteiger partial charge in [-0.3, -0.25) is 4.98 Å². The maximum Gasteiger partial charge on any atom is 0.433 e. The second-order valence-corrected chi connectivity index (χ2v) is 9.35. The molecular formula is C24H28F3N3. The van der Waals surface area contributed by atoms with E-state index in [1.54, 1.807) is 6.07 Å². The fraction of sp³-hybridized carbons (Fsp3) is 0.458. The highest BCUT2D eigenvalue weighted by atomic mass is 19.4. The number of likely N-dealkylation sites (N-methyl/N-ethyl adjacent to an activating group) is 1. The van der Waals surface area contributed by atoms with E-state index in [1.165, 1.54) is 33.9 Å². The summed E-state index contributed by atoms with van der Waals surface area (Å²) in [5, 5.41) is 1.30. The zero-order valence-corrected chi connectivity index (χ0v) is 18.0. The van der Waals surface area contributed by atoms with E-state index in [4.69, 9.17) is 0 Å². The molecule has 4 rings (SSSR count). The van der Waals surface area contributed by atoms with E-state index in [-0.39, 0.29) is 5.41 Å². The Morgan fingerprint density at radius 3 is 2.47 bits per heavy atom. The van der Waals surface area contributed by atoms with Gasteiger partial charge in [-0.05, 0) is 53.8 Å². The standard InChI is InChI=1S/C24H28F3N3/c1-23(2,3)17-6-7-20-18(13-17)19-15-29(4)11-10-21(19)30(20)12-9-16-5-8-22(28-14-16)24(25,26)27/h5-8,13-14H,9-12,15H2,1-4H3. The van der Waals surface area contributed by atoms with Gasteiger partial charge in [-0.15, -0.1) is 0 Å². The third-order valence-electron chi connectivity index (χ3n) is 6.05. The van der Waals surface area contributed by atoms with Gasteiger partial charge in [-0.25, -0.2) is 0 Å². The highest BCUT2D eigenvalue weighted by Crippen LogP contribution is 2.34.